The number of nitrogens with zero attached hydrogens (tertiary/aromatic N) is 1. The number of hydrazine groups is 1. The Morgan fingerprint density at radius 1 is 0.868 bits per heavy atom. The monoisotopic (exact) mass is 700 g/mol. The topological polar surface area (TPSA) is 69.6 Å². The van der Waals surface area contributed by atoms with Crippen LogP contribution in [0, 0.1) is 35.0 Å². The Hall–Kier alpha value is -5.26. The molecule has 2 saturated carbocycles. The number of nitrogens with one attached hydrogen (secondary N) is 1. The van der Waals surface area contributed by atoms with Crippen molar-refractivity contribution >= 4 is 29.2 Å². The second-order valence-corrected chi connectivity index (χ2v) is 15.8. The first kappa shape index (κ1) is 34.8. The summed E-state index contributed by atoms with van der Waals surface area (Å²) in [5, 5.41) is 10.8. The maximum Gasteiger partial charge on any atom is 0.335 e. The predicted molar refractivity (Wildman–Crippen MR) is 214 cm³/mol. The Morgan fingerprint density at radius 2 is 1.53 bits per heavy atom. The van der Waals surface area contributed by atoms with Gasteiger partial charge >= 0.3 is 5.97 Å². The van der Waals surface area contributed by atoms with Crippen LogP contribution in [0.15, 0.2) is 145 Å². The lowest BCUT2D eigenvalue weighted by Gasteiger charge is -2.55. The summed E-state index contributed by atoms with van der Waals surface area (Å²) in [4.78, 5) is 25.0. The summed E-state index contributed by atoms with van der Waals surface area (Å²) in [7, 11) is 0. The largest absolute Gasteiger partial charge is 0.478 e. The van der Waals surface area contributed by atoms with Crippen LogP contribution in [0.2, 0.25) is 0 Å². The van der Waals surface area contributed by atoms with Crippen LogP contribution in [0.4, 0.5) is 5.69 Å². The van der Waals surface area contributed by atoms with Crippen molar-refractivity contribution in [2.75, 3.05) is 5.01 Å². The number of hydrogen-bond donors (Lipinski definition) is 2. The first-order valence-electron chi connectivity index (χ1n) is 19.2. The quantitative estimate of drug-likeness (QED) is 0.142. The molecule has 1 saturated heterocycles. The van der Waals surface area contributed by atoms with Crippen molar-refractivity contribution in [3.05, 3.63) is 172 Å². The van der Waals surface area contributed by atoms with Gasteiger partial charge in [-0.15, -0.1) is 0 Å². The first-order valence-corrected chi connectivity index (χ1v) is 19.2. The van der Waals surface area contributed by atoms with Crippen molar-refractivity contribution in [1.29, 1.82) is 0 Å². The van der Waals surface area contributed by atoms with E-state index in [-0.39, 0.29) is 22.9 Å². The van der Waals surface area contributed by atoms with E-state index in [0.717, 1.165) is 12.0 Å². The molecule has 0 bridgehead atoms. The average Bonchev–Trinajstić information content (AvgIpc) is 3.79. The van der Waals surface area contributed by atoms with Gasteiger partial charge < -0.3 is 5.11 Å². The van der Waals surface area contributed by atoms with Gasteiger partial charge in [0.25, 0.3) is 5.91 Å². The van der Waals surface area contributed by atoms with Crippen LogP contribution in [-0.4, -0.2) is 23.0 Å². The van der Waals surface area contributed by atoms with Crippen molar-refractivity contribution in [2.45, 2.75) is 52.5 Å². The molecule has 1 amide bonds. The van der Waals surface area contributed by atoms with Gasteiger partial charge in [-0.1, -0.05) is 123 Å². The number of amides is 1. The average molecular weight is 701 g/mol. The fourth-order valence-corrected chi connectivity index (χ4v) is 10.1. The number of carboxylic acid groups (broad SMARTS) is 1. The predicted octanol–water partition coefficient (Wildman–Crippen LogP) is 10.2. The molecule has 4 aromatic rings. The third kappa shape index (κ3) is 6.64. The number of carbonyl (C=O) groups is 2. The molecule has 7 unspecified atom stereocenters. The zero-order valence-corrected chi connectivity index (χ0v) is 30.8. The molecule has 3 fully saturated rings. The molecule has 5 nitrogen and oxygen atoms in total. The van der Waals surface area contributed by atoms with Crippen molar-refractivity contribution < 1.29 is 14.7 Å². The second-order valence-electron chi connectivity index (χ2n) is 15.8. The highest BCUT2D eigenvalue weighted by molar-refractivity contribution is 6.08. The summed E-state index contributed by atoms with van der Waals surface area (Å²) in [6.07, 6.45) is 16.5. The number of anilines is 1. The lowest BCUT2D eigenvalue weighted by Crippen LogP contribution is -2.50. The summed E-state index contributed by atoms with van der Waals surface area (Å²) in [5.41, 5.74) is 12.3. The van der Waals surface area contributed by atoms with Gasteiger partial charge in [-0.25, -0.2) is 15.2 Å². The number of carboxylic acids is 1. The molecule has 0 spiro atoms. The lowest BCUT2D eigenvalue weighted by atomic mass is 9.49. The van der Waals surface area contributed by atoms with Gasteiger partial charge in [-0.3, -0.25) is 4.79 Å². The Labute approximate surface area is 313 Å². The van der Waals surface area contributed by atoms with Gasteiger partial charge in [-0.2, -0.15) is 0 Å². The number of fused-ring (bicyclic) bond motifs is 3. The zero-order chi connectivity index (χ0) is 36.7. The highest BCUT2D eigenvalue weighted by Crippen LogP contribution is 2.62. The van der Waals surface area contributed by atoms with Crippen LogP contribution in [0.5, 0.6) is 0 Å². The molecule has 2 N–H and O–H groups in total. The molecule has 0 radical (unpaired) electrons. The van der Waals surface area contributed by atoms with Gasteiger partial charge in [-0.05, 0) is 131 Å². The fourth-order valence-electron chi connectivity index (χ4n) is 10.1. The molecule has 4 aromatic carbocycles. The van der Waals surface area contributed by atoms with E-state index in [4.69, 9.17) is 0 Å². The molecule has 8 rings (SSSR count). The smallest absolute Gasteiger partial charge is 0.335 e. The zero-order valence-electron chi connectivity index (χ0n) is 30.8. The van der Waals surface area contributed by atoms with E-state index in [2.05, 4.69) is 135 Å². The number of carbonyl (C=O) groups excluding carboxylic acids is 1. The van der Waals surface area contributed by atoms with E-state index in [1.165, 1.54) is 64.2 Å². The molecule has 5 heteroatoms. The van der Waals surface area contributed by atoms with Gasteiger partial charge in [0.2, 0.25) is 0 Å². The summed E-state index contributed by atoms with van der Waals surface area (Å²) in [5.74, 6) is 1.77. The van der Waals surface area contributed by atoms with Crippen molar-refractivity contribution in [3.8, 4) is 0 Å². The van der Waals surface area contributed by atoms with E-state index in [0.29, 0.717) is 40.9 Å². The van der Waals surface area contributed by atoms with Gasteiger partial charge in [0.05, 0.1) is 17.3 Å². The maximum atomic E-state index is 13.7. The van der Waals surface area contributed by atoms with E-state index in [1.54, 1.807) is 12.1 Å². The van der Waals surface area contributed by atoms with Crippen LogP contribution >= 0.6 is 0 Å². The molecule has 4 aliphatic rings. The minimum atomic E-state index is -0.985. The molecular formula is C48H48N2O3. The normalized spacial score (nSPS) is 28.4. The Kier molecular flexibility index (Phi) is 9.38. The standard InChI is InChI=1S/C48H48N2O3/c1-31-41(27-33-17-19-34(20-18-33)28-43(36-11-6-4-7-12-36)37-13-8-5-9-14-37)40-15-10-16-45(40)48(3)30-35(21-26-44(31)48)29-42-32(2)49-50(46(42)51)39-24-22-38(23-25-39)47(52)53/h4-9,11-14,17-26,28-32,40-41,44-45,49H,10,15-16,27H2,1-3H3,(H,52,53). The summed E-state index contributed by atoms with van der Waals surface area (Å²) in [6, 6.07) is 36.8. The van der Waals surface area contributed by atoms with Gasteiger partial charge in [0.15, 0.2) is 0 Å². The summed E-state index contributed by atoms with van der Waals surface area (Å²) >= 11 is 0. The van der Waals surface area contributed by atoms with Gasteiger partial charge in [0, 0.05) is 5.57 Å². The molecular weight excluding hydrogens is 653 g/mol. The second kappa shape index (κ2) is 14.3. The summed E-state index contributed by atoms with van der Waals surface area (Å²) in [6.45, 7) is 6.95. The number of allylic oxidation sites excluding steroid dienone is 5. The minimum absolute atomic E-state index is 0.0306. The van der Waals surface area contributed by atoms with E-state index < -0.39 is 5.97 Å². The highest BCUT2D eigenvalue weighted by Gasteiger charge is 2.55. The molecule has 1 heterocycles. The third-order valence-corrected chi connectivity index (χ3v) is 12.7. The number of benzene rings is 4. The third-order valence-electron chi connectivity index (χ3n) is 12.7. The van der Waals surface area contributed by atoms with Crippen molar-refractivity contribution in [1.82, 2.24) is 5.43 Å². The summed E-state index contributed by atoms with van der Waals surface area (Å²) < 4.78 is 0. The van der Waals surface area contributed by atoms with E-state index >= 15 is 0 Å². The van der Waals surface area contributed by atoms with Crippen molar-refractivity contribution in [2.24, 2.45) is 35.0 Å². The van der Waals surface area contributed by atoms with Crippen LogP contribution in [0.25, 0.3) is 11.6 Å². The molecule has 1 aliphatic heterocycles. The SMILES string of the molecule is CC1NN(c2ccc(C(=O)O)cc2)C(=O)C1=CC1=CC2(C)C(C=C1)C(C)C(Cc1ccc(C=C(c3ccccc3)c3ccccc3)cc1)C1CCCC12. The molecule has 53 heavy (non-hydrogen) atoms. The van der Waals surface area contributed by atoms with E-state index in [1.807, 2.05) is 6.92 Å². The molecule has 0 aromatic heterocycles. The number of rotatable bonds is 8. The van der Waals surface area contributed by atoms with Crippen LogP contribution in [-0.2, 0) is 11.2 Å². The number of aromatic carboxylic acids is 1. The first-order chi connectivity index (χ1) is 25.7. The minimum Gasteiger partial charge on any atom is -0.478 e. The lowest BCUT2D eigenvalue weighted by molar-refractivity contribution is -0.114. The molecule has 7 atom stereocenters. The number of hydrogen-bond acceptors (Lipinski definition) is 3. The van der Waals surface area contributed by atoms with Crippen LogP contribution in [0.3, 0.4) is 0 Å². The highest BCUT2D eigenvalue weighted by atomic mass is 16.4. The maximum absolute atomic E-state index is 13.7. The molecule has 3 aliphatic carbocycles. The van der Waals surface area contributed by atoms with Crippen LogP contribution < -0.4 is 10.4 Å². The Balaban J connectivity index is 1.01. The van der Waals surface area contributed by atoms with E-state index in [9.17, 15) is 14.7 Å². The van der Waals surface area contributed by atoms with Gasteiger partial charge in [0.1, 0.15) is 0 Å². The Morgan fingerprint density at radius 3 is 2.17 bits per heavy atom. The van der Waals surface area contributed by atoms with Crippen molar-refractivity contribution in [3.63, 3.8) is 0 Å². The molecule has 268 valence electrons. The fraction of sp³-hybridized carbons (Fsp3) is 0.292. The Bertz CT molecular complexity index is 2070. The van der Waals surface area contributed by atoms with Crippen LogP contribution in [0.1, 0.15) is 72.6 Å².